The molecule has 0 saturated carbocycles. The first-order valence-electron chi connectivity index (χ1n) is 4.86. The lowest BCUT2D eigenvalue weighted by molar-refractivity contribution is 0.629. The SMILES string of the molecule is NCc1cc(=O)[nH]c(-c2c(F)cccc2Cl)n1. The predicted molar refractivity (Wildman–Crippen MR) is 63.2 cm³/mol. The van der Waals surface area contributed by atoms with E-state index in [1.54, 1.807) is 0 Å². The Hall–Kier alpha value is -1.72. The van der Waals surface area contributed by atoms with E-state index in [1.807, 2.05) is 0 Å². The molecule has 0 saturated heterocycles. The molecule has 0 aliphatic rings. The van der Waals surface area contributed by atoms with Crippen LogP contribution in [0, 0.1) is 5.82 Å². The average molecular weight is 254 g/mol. The fourth-order valence-electron chi connectivity index (χ4n) is 1.45. The largest absolute Gasteiger partial charge is 0.325 e. The third kappa shape index (κ3) is 2.35. The van der Waals surface area contributed by atoms with E-state index in [0.29, 0.717) is 5.69 Å². The normalized spacial score (nSPS) is 10.5. The van der Waals surface area contributed by atoms with Gasteiger partial charge in [-0.1, -0.05) is 17.7 Å². The summed E-state index contributed by atoms with van der Waals surface area (Å²) < 4.78 is 13.6. The molecule has 4 nitrogen and oxygen atoms in total. The zero-order valence-electron chi connectivity index (χ0n) is 8.71. The highest BCUT2D eigenvalue weighted by Crippen LogP contribution is 2.27. The zero-order chi connectivity index (χ0) is 12.4. The molecule has 0 amide bonds. The van der Waals surface area contributed by atoms with E-state index in [-0.39, 0.29) is 23.0 Å². The van der Waals surface area contributed by atoms with E-state index in [4.69, 9.17) is 17.3 Å². The van der Waals surface area contributed by atoms with Gasteiger partial charge in [0.25, 0.3) is 5.56 Å². The van der Waals surface area contributed by atoms with Gasteiger partial charge in [-0.2, -0.15) is 0 Å². The van der Waals surface area contributed by atoms with Gasteiger partial charge >= 0.3 is 0 Å². The summed E-state index contributed by atoms with van der Waals surface area (Å²) >= 11 is 5.88. The molecule has 2 aromatic rings. The third-order valence-corrected chi connectivity index (χ3v) is 2.52. The lowest BCUT2D eigenvalue weighted by Crippen LogP contribution is -2.13. The molecule has 0 unspecified atom stereocenters. The van der Waals surface area contributed by atoms with Gasteiger partial charge in [0.2, 0.25) is 0 Å². The highest BCUT2D eigenvalue weighted by atomic mass is 35.5. The van der Waals surface area contributed by atoms with Gasteiger partial charge in [-0.15, -0.1) is 0 Å². The molecule has 6 heteroatoms. The summed E-state index contributed by atoms with van der Waals surface area (Å²) in [5, 5.41) is 0.183. The Kier molecular flexibility index (Phi) is 3.21. The molecule has 0 atom stereocenters. The van der Waals surface area contributed by atoms with E-state index in [9.17, 15) is 9.18 Å². The van der Waals surface area contributed by atoms with Crippen molar-refractivity contribution in [3.05, 3.63) is 51.2 Å². The number of halogens is 2. The van der Waals surface area contributed by atoms with Crippen LogP contribution >= 0.6 is 11.6 Å². The molecular weight excluding hydrogens is 245 g/mol. The van der Waals surface area contributed by atoms with Gasteiger partial charge in [0, 0.05) is 12.6 Å². The van der Waals surface area contributed by atoms with Gasteiger partial charge < -0.3 is 10.7 Å². The topological polar surface area (TPSA) is 71.8 Å². The van der Waals surface area contributed by atoms with Crippen LogP contribution in [0.1, 0.15) is 5.69 Å². The molecule has 0 aliphatic carbocycles. The summed E-state index contributed by atoms with van der Waals surface area (Å²) in [6, 6.07) is 5.51. The van der Waals surface area contributed by atoms with E-state index in [0.717, 1.165) is 0 Å². The van der Waals surface area contributed by atoms with E-state index in [2.05, 4.69) is 9.97 Å². The standard InChI is InChI=1S/C11H9ClFN3O/c12-7-2-1-3-8(13)10(7)11-15-6(5-14)4-9(17)16-11/h1-4H,5,14H2,(H,15,16,17). The van der Waals surface area contributed by atoms with Gasteiger partial charge in [-0.3, -0.25) is 4.79 Å². The van der Waals surface area contributed by atoms with Gasteiger partial charge in [0.1, 0.15) is 11.6 Å². The maximum absolute atomic E-state index is 13.6. The Morgan fingerprint density at radius 1 is 1.47 bits per heavy atom. The molecule has 0 radical (unpaired) electrons. The maximum Gasteiger partial charge on any atom is 0.251 e. The molecule has 0 fully saturated rings. The Balaban J connectivity index is 2.68. The van der Waals surface area contributed by atoms with E-state index >= 15 is 0 Å². The van der Waals surface area contributed by atoms with E-state index < -0.39 is 11.4 Å². The number of nitrogens with two attached hydrogens (primary N) is 1. The first-order chi connectivity index (χ1) is 8.11. The number of nitrogens with zero attached hydrogens (tertiary/aromatic N) is 1. The molecule has 0 spiro atoms. The second-order valence-corrected chi connectivity index (χ2v) is 3.79. The van der Waals surface area contributed by atoms with Crippen molar-refractivity contribution in [3.63, 3.8) is 0 Å². The maximum atomic E-state index is 13.6. The second kappa shape index (κ2) is 4.65. The molecule has 88 valence electrons. The minimum Gasteiger partial charge on any atom is -0.325 e. The molecular formula is C11H9ClFN3O. The Morgan fingerprint density at radius 2 is 2.24 bits per heavy atom. The van der Waals surface area contributed by atoms with Crippen LogP contribution in [-0.4, -0.2) is 9.97 Å². The second-order valence-electron chi connectivity index (χ2n) is 3.39. The van der Waals surface area contributed by atoms with Crippen LogP contribution in [0.3, 0.4) is 0 Å². The molecule has 3 N–H and O–H groups in total. The lowest BCUT2D eigenvalue weighted by Gasteiger charge is -2.06. The van der Waals surface area contributed by atoms with Gasteiger partial charge in [0.05, 0.1) is 16.3 Å². The van der Waals surface area contributed by atoms with Crippen LogP contribution in [0.15, 0.2) is 29.1 Å². The fraction of sp³-hybridized carbons (Fsp3) is 0.0909. The first-order valence-corrected chi connectivity index (χ1v) is 5.24. The van der Waals surface area contributed by atoms with E-state index in [1.165, 1.54) is 24.3 Å². The Labute approximate surface area is 101 Å². The summed E-state index contributed by atoms with van der Waals surface area (Å²) in [5.41, 5.74) is 5.45. The van der Waals surface area contributed by atoms with Crippen LogP contribution in [0.2, 0.25) is 5.02 Å². The fourth-order valence-corrected chi connectivity index (χ4v) is 1.71. The van der Waals surface area contributed by atoms with Crippen molar-refractivity contribution in [3.8, 4) is 11.4 Å². The van der Waals surface area contributed by atoms with Crippen molar-refractivity contribution in [1.29, 1.82) is 0 Å². The number of aromatic amines is 1. The van der Waals surface area contributed by atoms with Crippen molar-refractivity contribution < 1.29 is 4.39 Å². The molecule has 2 rings (SSSR count). The summed E-state index contributed by atoms with van der Waals surface area (Å²) in [6.45, 7) is 0.100. The third-order valence-electron chi connectivity index (χ3n) is 2.20. The van der Waals surface area contributed by atoms with Gasteiger partial charge in [-0.25, -0.2) is 9.37 Å². The number of benzene rings is 1. The highest BCUT2D eigenvalue weighted by Gasteiger charge is 2.12. The summed E-state index contributed by atoms with van der Waals surface area (Å²) in [7, 11) is 0. The highest BCUT2D eigenvalue weighted by molar-refractivity contribution is 6.33. The monoisotopic (exact) mass is 253 g/mol. The number of hydrogen-bond donors (Lipinski definition) is 2. The summed E-state index contributed by atoms with van der Waals surface area (Å²) in [4.78, 5) is 17.8. The number of hydrogen-bond acceptors (Lipinski definition) is 3. The van der Waals surface area contributed by atoms with Crippen molar-refractivity contribution in [2.24, 2.45) is 5.73 Å². The van der Waals surface area contributed by atoms with Crippen molar-refractivity contribution in [2.75, 3.05) is 0 Å². The predicted octanol–water partition coefficient (Wildman–Crippen LogP) is 1.69. The molecule has 1 aromatic carbocycles. The van der Waals surface area contributed by atoms with Crippen molar-refractivity contribution >= 4 is 11.6 Å². The number of nitrogens with one attached hydrogen (secondary N) is 1. The minimum atomic E-state index is -0.546. The van der Waals surface area contributed by atoms with Gasteiger partial charge in [0.15, 0.2) is 0 Å². The van der Waals surface area contributed by atoms with Crippen LogP contribution in [0.25, 0.3) is 11.4 Å². The lowest BCUT2D eigenvalue weighted by atomic mass is 10.2. The number of aromatic nitrogens is 2. The molecule has 17 heavy (non-hydrogen) atoms. The molecule has 0 aliphatic heterocycles. The van der Waals surface area contributed by atoms with Crippen LogP contribution in [0.5, 0.6) is 0 Å². The first kappa shape index (κ1) is 11.8. The number of H-pyrrole nitrogens is 1. The Morgan fingerprint density at radius 3 is 2.88 bits per heavy atom. The molecule has 1 heterocycles. The summed E-state index contributed by atoms with van der Waals surface area (Å²) in [5.74, 6) is -0.462. The Bertz CT molecular complexity index is 592. The minimum absolute atomic E-state index is 0.0709. The summed E-state index contributed by atoms with van der Waals surface area (Å²) in [6.07, 6.45) is 0. The zero-order valence-corrected chi connectivity index (χ0v) is 9.46. The average Bonchev–Trinajstić information content (AvgIpc) is 2.28. The van der Waals surface area contributed by atoms with Crippen LogP contribution in [-0.2, 0) is 6.54 Å². The number of rotatable bonds is 2. The van der Waals surface area contributed by atoms with Crippen LogP contribution < -0.4 is 11.3 Å². The van der Waals surface area contributed by atoms with Crippen LogP contribution in [0.4, 0.5) is 4.39 Å². The van der Waals surface area contributed by atoms with Gasteiger partial charge in [-0.05, 0) is 12.1 Å². The smallest absolute Gasteiger partial charge is 0.251 e. The quantitative estimate of drug-likeness (QED) is 0.856. The molecule has 0 bridgehead atoms. The molecule has 1 aromatic heterocycles. The van der Waals surface area contributed by atoms with Crippen molar-refractivity contribution in [1.82, 2.24) is 9.97 Å². The van der Waals surface area contributed by atoms with Crippen molar-refractivity contribution in [2.45, 2.75) is 6.54 Å².